The molecule has 2 aliphatic heterocycles. The molecular weight excluding hydrogens is 232 g/mol. The highest BCUT2D eigenvalue weighted by atomic mass is 15.2. The third-order valence-electron chi connectivity index (χ3n) is 5.05. The molecule has 2 heterocycles. The maximum Gasteiger partial charge on any atom is 0.0323 e. The number of benzene rings is 1. The smallest absolute Gasteiger partial charge is 0.0323 e. The zero-order chi connectivity index (χ0) is 13.4. The molecular formula is C17H26N2. The van der Waals surface area contributed by atoms with Crippen LogP contribution in [-0.2, 0) is 0 Å². The van der Waals surface area contributed by atoms with Crippen LogP contribution >= 0.6 is 0 Å². The summed E-state index contributed by atoms with van der Waals surface area (Å²) in [5, 5.41) is 3.70. The average molecular weight is 258 g/mol. The Morgan fingerprint density at radius 1 is 1.26 bits per heavy atom. The van der Waals surface area contributed by atoms with Gasteiger partial charge in [-0.1, -0.05) is 23.8 Å². The van der Waals surface area contributed by atoms with Gasteiger partial charge >= 0.3 is 0 Å². The number of likely N-dealkylation sites (tertiary alicyclic amines) is 1. The second-order valence-corrected chi connectivity index (χ2v) is 6.45. The largest absolute Gasteiger partial charge is 0.312 e. The highest BCUT2D eigenvalue weighted by Crippen LogP contribution is 2.32. The molecule has 1 aromatic rings. The molecule has 2 heteroatoms. The maximum atomic E-state index is 3.70. The van der Waals surface area contributed by atoms with Crippen molar-refractivity contribution in [3.8, 4) is 0 Å². The van der Waals surface area contributed by atoms with Crippen molar-refractivity contribution < 1.29 is 0 Å². The van der Waals surface area contributed by atoms with Gasteiger partial charge < -0.3 is 5.32 Å². The van der Waals surface area contributed by atoms with E-state index in [4.69, 9.17) is 0 Å². The minimum absolute atomic E-state index is 0.549. The molecule has 1 unspecified atom stereocenters. The molecule has 2 fully saturated rings. The number of hydrogen-bond donors (Lipinski definition) is 1. The number of nitrogens with zero attached hydrogens (tertiary/aromatic N) is 1. The Labute approximate surface area is 117 Å². The van der Waals surface area contributed by atoms with Crippen molar-refractivity contribution in [3.63, 3.8) is 0 Å². The van der Waals surface area contributed by atoms with Gasteiger partial charge in [0.1, 0.15) is 0 Å². The molecule has 1 N–H and O–H groups in total. The summed E-state index contributed by atoms with van der Waals surface area (Å²) >= 11 is 0. The van der Waals surface area contributed by atoms with Crippen molar-refractivity contribution in [2.45, 2.75) is 45.7 Å². The van der Waals surface area contributed by atoms with Crippen LogP contribution in [0.25, 0.3) is 0 Å². The molecule has 0 radical (unpaired) electrons. The number of aryl methyl sites for hydroxylation is 2. The SMILES string of the molecule is Cc1ccc(C(C)N2C[C@@H]3CCCN[C@@H]3C2)c(C)c1. The summed E-state index contributed by atoms with van der Waals surface area (Å²) in [5.41, 5.74) is 4.31. The summed E-state index contributed by atoms with van der Waals surface area (Å²) in [4.78, 5) is 2.67. The average Bonchev–Trinajstić information content (AvgIpc) is 2.81. The van der Waals surface area contributed by atoms with Crippen LogP contribution in [0.1, 0.15) is 42.5 Å². The Hall–Kier alpha value is -0.860. The lowest BCUT2D eigenvalue weighted by Gasteiger charge is -2.26. The Morgan fingerprint density at radius 2 is 2.11 bits per heavy atom. The van der Waals surface area contributed by atoms with Gasteiger partial charge in [-0.05, 0) is 57.2 Å². The predicted octanol–water partition coefficient (Wildman–Crippen LogP) is 3.05. The minimum Gasteiger partial charge on any atom is -0.312 e. The van der Waals surface area contributed by atoms with E-state index in [9.17, 15) is 0 Å². The summed E-state index contributed by atoms with van der Waals surface area (Å²) in [6, 6.07) is 8.17. The standard InChI is InChI=1S/C17H26N2/c1-12-6-7-16(13(2)9-12)14(3)19-10-15-5-4-8-18-17(15)11-19/h6-7,9,14-15,17-18H,4-5,8,10-11H2,1-3H3/t14?,15-,17+/m0/s1. The van der Waals surface area contributed by atoms with E-state index >= 15 is 0 Å². The van der Waals surface area contributed by atoms with Crippen molar-refractivity contribution in [1.29, 1.82) is 0 Å². The third-order valence-corrected chi connectivity index (χ3v) is 5.05. The predicted molar refractivity (Wildman–Crippen MR) is 80.4 cm³/mol. The third kappa shape index (κ3) is 2.56. The van der Waals surface area contributed by atoms with Crippen molar-refractivity contribution in [2.24, 2.45) is 5.92 Å². The molecule has 0 bridgehead atoms. The van der Waals surface area contributed by atoms with Crippen LogP contribution in [0.4, 0.5) is 0 Å². The number of rotatable bonds is 2. The topological polar surface area (TPSA) is 15.3 Å². The van der Waals surface area contributed by atoms with Crippen LogP contribution in [0, 0.1) is 19.8 Å². The molecule has 0 spiro atoms. The number of nitrogens with one attached hydrogen (secondary N) is 1. The summed E-state index contributed by atoms with van der Waals surface area (Å²) in [5.74, 6) is 0.877. The minimum atomic E-state index is 0.549. The number of fused-ring (bicyclic) bond motifs is 1. The van der Waals surface area contributed by atoms with Crippen molar-refractivity contribution >= 4 is 0 Å². The maximum absolute atomic E-state index is 3.70. The fourth-order valence-corrected chi connectivity index (χ4v) is 3.89. The first-order valence-corrected chi connectivity index (χ1v) is 7.70. The van der Waals surface area contributed by atoms with Crippen LogP contribution in [-0.4, -0.2) is 30.6 Å². The van der Waals surface area contributed by atoms with E-state index in [0.29, 0.717) is 6.04 Å². The van der Waals surface area contributed by atoms with Crippen molar-refractivity contribution in [3.05, 3.63) is 34.9 Å². The van der Waals surface area contributed by atoms with Crippen LogP contribution in [0.15, 0.2) is 18.2 Å². The highest BCUT2D eigenvalue weighted by molar-refractivity contribution is 5.32. The first-order chi connectivity index (χ1) is 9.15. The van der Waals surface area contributed by atoms with E-state index in [2.05, 4.69) is 49.2 Å². The number of piperidine rings is 1. The molecule has 0 aromatic heterocycles. The normalized spacial score (nSPS) is 29.2. The highest BCUT2D eigenvalue weighted by Gasteiger charge is 2.36. The van der Waals surface area contributed by atoms with Gasteiger partial charge in [0.2, 0.25) is 0 Å². The molecule has 2 aliphatic rings. The summed E-state index contributed by atoms with van der Waals surface area (Å²) in [6.07, 6.45) is 2.76. The molecule has 2 saturated heterocycles. The fraction of sp³-hybridized carbons (Fsp3) is 0.647. The van der Waals surface area contributed by atoms with Crippen LogP contribution in [0.3, 0.4) is 0 Å². The molecule has 19 heavy (non-hydrogen) atoms. The van der Waals surface area contributed by atoms with Crippen LogP contribution in [0.2, 0.25) is 0 Å². The Morgan fingerprint density at radius 3 is 2.84 bits per heavy atom. The Kier molecular flexibility index (Phi) is 3.64. The van der Waals surface area contributed by atoms with E-state index < -0.39 is 0 Å². The van der Waals surface area contributed by atoms with Gasteiger partial charge in [-0.2, -0.15) is 0 Å². The lowest BCUT2D eigenvalue weighted by atomic mass is 9.94. The van der Waals surface area contributed by atoms with Gasteiger partial charge in [-0.15, -0.1) is 0 Å². The Balaban J connectivity index is 1.75. The fourth-order valence-electron chi connectivity index (χ4n) is 3.89. The van der Waals surface area contributed by atoms with Crippen molar-refractivity contribution in [2.75, 3.05) is 19.6 Å². The summed E-state index contributed by atoms with van der Waals surface area (Å²) in [7, 11) is 0. The van der Waals surface area contributed by atoms with Gasteiger partial charge in [0.05, 0.1) is 0 Å². The molecule has 104 valence electrons. The van der Waals surface area contributed by atoms with Crippen LogP contribution < -0.4 is 5.32 Å². The summed E-state index contributed by atoms with van der Waals surface area (Å²) in [6.45, 7) is 10.5. The molecule has 2 nitrogen and oxygen atoms in total. The molecule has 0 saturated carbocycles. The molecule has 3 rings (SSSR count). The van der Waals surface area contributed by atoms with Gasteiger partial charge in [0, 0.05) is 25.2 Å². The zero-order valence-corrected chi connectivity index (χ0v) is 12.4. The number of hydrogen-bond acceptors (Lipinski definition) is 2. The second kappa shape index (κ2) is 5.26. The van der Waals surface area contributed by atoms with Gasteiger partial charge in [-0.3, -0.25) is 4.90 Å². The lowest BCUT2D eigenvalue weighted by Crippen LogP contribution is -2.40. The van der Waals surface area contributed by atoms with Gasteiger partial charge in [0.15, 0.2) is 0 Å². The zero-order valence-electron chi connectivity index (χ0n) is 12.4. The quantitative estimate of drug-likeness (QED) is 0.877. The first kappa shape index (κ1) is 13.1. The monoisotopic (exact) mass is 258 g/mol. The first-order valence-electron chi connectivity index (χ1n) is 7.70. The van der Waals surface area contributed by atoms with E-state index in [0.717, 1.165) is 12.0 Å². The molecule has 0 amide bonds. The lowest BCUT2D eigenvalue weighted by molar-refractivity contribution is 0.250. The molecule has 3 atom stereocenters. The van der Waals surface area contributed by atoms with E-state index in [1.165, 1.54) is 49.2 Å². The van der Waals surface area contributed by atoms with Crippen LogP contribution in [0.5, 0.6) is 0 Å². The Bertz CT molecular complexity index is 441. The molecule has 0 aliphatic carbocycles. The van der Waals surface area contributed by atoms with Gasteiger partial charge in [-0.25, -0.2) is 0 Å². The summed E-state index contributed by atoms with van der Waals surface area (Å²) < 4.78 is 0. The van der Waals surface area contributed by atoms with E-state index in [1.807, 2.05) is 0 Å². The molecule has 1 aromatic carbocycles. The van der Waals surface area contributed by atoms with E-state index in [1.54, 1.807) is 0 Å². The van der Waals surface area contributed by atoms with Gasteiger partial charge in [0.25, 0.3) is 0 Å². The van der Waals surface area contributed by atoms with Crippen molar-refractivity contribution in [1.82, 2.24) is 10.2 Å². The van der Waals surface area contributed by atoms with E-state index in [-0.39, 0.29) is 0 Å². The second-order valence-electron chi connectivity index (χ2n) is 6.45.